The zero-order chi connectivity index (χ0) is 14.5. The number of aromatic nitrogens is 1. The first kappa shape index (κ1) is 14.3. The van der Waals surface area contributed by atoms with Gasteiger partial charge in [0.05, 0.1) is 17.7 Å². The second-order valence-corrected chi connectivity index (χ2v) is 4.94. The van der Waals surface area contributed by atoms with Crippen molar-refractivity contribution in [1.29, 1.82) is 0 Å². The number of halogens is 1. The van der Waals surface area contributed by atoms with Gasteiger partial charge in [0.25, 0.3) is 0 Å². The molecule has 0 saturated carbocycles. The van der Waals surface area contributed by atoms with Gasteiger partial charge in [-0.15, -0.1) is 11.8 Å². The van der Waals surface area contributed by atoms with E-state index in [1.807, 2.05) is 0 Å². The lowest BCUT2D eigenvalue weighted by Crippen LogP contribution is -1.96. The van der Waals surface area contributed by atoms with Crippen LogP contribution in [0.25, 0.3) is 0 Å². The minimum Gasteiger partial charge on any atom is -0.494 e. The first-order chi connectivity index (χ1) is 9.60. The number of carbonyl (C=O) groups is 1. The van der Waals surface area contributed by atoms with Gasteiger partial charge >= 0.3 is 5.97 Å². The highest BCUT2D eigenvalue weighted by molar-refractivity contribution is 7.98. The molecule has 0 saturated heterocycles. The fourth-order valence-corrected chi connectivity index (χ4v) is 2.33. The molecule has 0 atom stereocenters. The summed E-state index contributed by atoms with van der Waals surface area (Å²) in [6, 6.07) is 7.89. The Balaban J connectivity index is 2.01. The van der Waals surface area contributed by atoms with E-state index in [9.17, 15) is 9.18 Å². The molecule has 104 valence electrons. The topological polar surface area (TPSA) is 59.4 Å². The van der Waals surface area contributed by atoms with Crippen molar-refractivity contribution in [2.75, 3.05) is 7.11 Å². The lowest BCUT2D eigenvalue weighted by Gasteiger charge is -2.05. The maximum absolute atomic E-state index is 13.5. The van der Waals surface area contributed by atoms with Crippen LogP contribution in [0.2, 0.25) is 0 Å². The van der Waals surface area contributed by atoms with Gasteiger partial charge in [-0.25, -0.2) is 14.2 Å². The predicted molar refractivity (Wildman–Crippen MR) is 73.7 cm³/mol. The third kappa shape index (κ3) is 3.48. The molecule has 0 fully saturated rings. The lowest BCUT2D eigenvalue weighted by atomic mass is 10.2. The van der Waals surface area contributed by atoms with Crippen LogP contribution in [0.1, 0.15) is 15.9 Å². The Bertz CT molecular complexity index is 616. The SMILES string of the molecule is COc1ccc(CSc2ccc(C(=O)O)cn2)cc1F. The Labute approximate surface area is 119 Å². The number of pyridine rings is 1. The van der Waals surface area contributed by atoms with Crippen molar-refractivity contribution in [1.82, 2.24) is 4.98 Å². The monoisotopic (exact) mass is 293 g/mol. The number of aromatic carboxylic acids is 1. The summed E-state index contributed by atoms with van der Waals surface area (Å²) in [5, 5.41) is 9.45. The zero-order valence-electron chi connectivity index (χ0n) is 10.7. The van der Waals surface area contributed by atoms with Crippen molar-refractivity contribution >= 4 is 17.7 Å². The lowest BCUT2D eigenvalue weighted by molar-refractivity contribution is 0.0696. The second-order valence-electron chi connectivity index (χ2n) is 3.95. The highest BCUT2D eigenvalue weighted by Crippen LogP contribution is 2.24. The average molecular weight is 293 g/mol. The molecule has 0 unspecified atom stereocenters. The molecule has 1 aromatic heterocycles. The summed E-state index contributed by atoms with van der Waals surface area (Å²) in [4.78, 5) is 14.7. The maximum Gasteiger partial charge on any atom is 0.337 e. The summed E-state index contributed by atoms with van der Waals surface area (Å²) in [5.41, 5.74) is 0.947. The molecule has 0 aliphatic carbocycles. The van der Waals surface area contributed by atoms with Crippen LogP contribution in [0.3, 0.4) is 0 Å². The van der Waals surface area contributed by atoms with E-state index in [0.29, 0.717) is 10.8 Å². The van der Waals surface area contributed by atoms with Crippen LogP contribution in [-0.4, -0.2) is 23.2 Å². The van der Waals surface area contributed by atoms with E-state index in [1.54, 1.807) is 18.2 Å². The molecule has 6 heteroatoms. The van der Waals surface area contributed by atoms with Crippen molar-refractivity contribution < 1.29 is 19.0 Å². The Hall–Kier alpha value is -2.08. The zero-order valence-corrected chi connectivity index (χ0v) is 11.5. The molecule has 1 aromatic carbocycles. The van der Waals surface area contributed by atoms with Gasteiger partial charge in [0.2, 0.25) is 0 Å². The third-order valence-corrected chi connectivity index (χ3v) is 3.60. The number of carboxylic acids is 1. The van der Waals surface area contributed by atoms with Gasteiger partial charge < -0.3 is 9.84 Å². The molecule has 0 aliphatic heterocycles. The standard InChI is InChI=1S/C14H12FNO3S/c1-19-12-4-2-9(6-11(12)15)8-20-13-5-3-10(7-16-13)14(17)18/h2-7H,8H2,1H3,(H,17,18). The quantitative estimate of drug-likeness (QED) is 0.858. The minimum absolute atomic E-state index is 0.143. The number of hydrogen-bond donors (Lipinski definition) is 1. The molecule has 0 bridgehead atoms. The summed E-state index contributed by atoms with van der Waals surface area (Å²) >= 11 is 1.40. The summed E-state index contributed by atoms with van der Waals surface area (Å²) in [7, 11) is 1.42. The normalized spacial score (nSPS) is 10.3. The van der Waals surface area contributed by atoms with Crippen LogP contribution in [0.4, 0.5) is 4.39 Å². The molecular formula is C14H12FNO3S. The predicted octanol–water partition coefficient (Wildman–Crippen LogP) is 3.22. The highest BCUT2D eigenvalue weighted by atomic mass is 32.2. The Morgan fingerprint density at radius 2 is 2.20 bits per heavy atom. The first-order valence-corrected chi connectivity index (χ1v) is 6.73. The molecule has 1 heterocycles. The summed E-state index contributed by atoms with van der Waals surface area (Å²) < 4.78 is 18.4. The van der Waals surface area contributed by atoms with E-state index in [1.165, 1.54) is 37.2 Å². The van der Waals surface area contributed by atoms with E-state index in [0.717, 1.165) is 5.56 Å². The molecule has 0 radical (unpaired) electrons. The number of hydrogen-bond acceptors (Lipinski definition) is 4. The number of rotatable bonds is 5. The number of ether oxygens (including phenoxy) is 1. The van der Waals surface area contributed by atoms with E-state index in [4.69, 9.17) is 9.84 Å². The Morgan fingerprint density at radius 3 is 2.75 bits per heavy atom. The molecular weight excluding hydrogens is 281 g/mol. The average Bonchev–Trinajstić information content (AvgIpc) is 2.45. The van der Waals surface area contributed by atoms with Gasteiger partial charge in [0, 0.05) is 11.9 Å². The number of nitrogens with zero attached hydrogens (tertiary/aromatic N) is 1. The van der Waals surface area contributed by atoms with Crippen molar-refractivity contribution in [2.45, 2.75) is 10.8 Å². The van der Waals surface area contributed by atoms with Crippen molar-refractivity contribution in [3.8, 4) is 5.75 Å². The van der Waals surface area contributed by atoms with Gasteiger partial charge in [0.15, 0.2) is 11.6 Å². The minimum atomic E-state index is -1.01. The van der Waals surface area contributed by atoms with E-state index < -0.39 is 11.8 Å². The van der Waals surface area contributed by atoms with E-state index in [2.05, 4.69) is 4.98 Å². The van der Waals surface area contributed by atoms with Crippen LogP contribution >= 0.6 is 11.8 Å². The van der Waals surface area contributed by atoms with Crippen LogP contribution in [0.15, 0.2) is 41.6 Å². The van der Waals surface area contributed by atoms with Gasteiger partial charge in [-0.2, -0.15) is 0 Å². The molecule has 2 rings (SSSR count). The van der Waals surface area contributed by atoms with Crippen molar-refractivity contribution in [3.05, 3.63) is 53.5 Å². The van der Waals surface area contributed by atoms with Crippen LogP contribution < -0.4 is 4.74 Å². The fraction of sp³-hybridized carbons (Fsp3) is 0.143. The van der Waals surface area contributed by atoms with Crippen LogP contribution in [0, 0.1) is 5.82 Å². The Morgan fingerprint density at radius 1 is 1.40 bits per heavy atom. The number of benzene rings is 1. The fourth-order valence-electron chi connectivity index (χ4n) is 1.55. The summed E-state index contributed by atoms with van der Waals surface area (Å²) in [6.07, 6.45) is 1.30. The summed E-state index contributed by atoms with van der Waals surface area (Å²) in [5.74, 6) is -0.658. The number of thioether (sulfide) groups is 1. The Kier molecular flexibility index (Phi) is 4.57. The van der Waals surface area contributed by atoms with E-state index >= 15 is 0 Å². The molecule has 0 amide bonds. The maximum atomic E-state index is 13.5. The number of methoxy groups -OCH3 is 1. The molecule has 4 nitrogen and oxygen atoms in total. The van der Waals surface area contributed by atoms with Crippen molar-refractivity contribution in [3.63, 3.8) is 0 Å². The third-order valence-electron chi connectivity index (χ3n) is 2.59. The molecule has 2 aromatic rings. The second kappa shape index (κ2) is 6.38. The van der Waals surface area contributed by atoms with Crippen LogP contribution in [0.5, 0.6) is 5.75 Å². The van der Waals surface area contributed by atoms with E-state index in [-0.39, 0.29) is 11.3 Å². The molecule has 1 N–H and O–H groups in total. The largest absolute Gasteiger partial charge is 0.494 e. The molecule has 0 aliphatic rings. The van der Waals surface area contributed by atoms with Gasteiger partial charge in [-0.1, -0.05) is 6.07 Å². The molecule has 20 heavy (non-hydrogen) atoms. The van der Waals surface area contributed by atoms with Gasteiger partial charge in [0.1, 0.15) is 0 Å². The number of carboxylic acid groups (broad SMARTS) is 1. The first-order valence-electron chi connectivity index (χ1n) is 5.74. The summed E-state index contributed by atoms with van der Waals surface area (Å²) in [6.45, 7) is 0. The highest BCUT2D eigenvalue weighted by Gasteiger charge is 2.06. The smallest absolute Gasteiger partial charge is 0.337 e. The van der Waals surface area contributed by atoms with Crippen molar-refractivity contribution in [2.24, 2.45) is 0 Å². The van der Waals surface area contributed by atoms with Gasteiger partial charge in [-0.05, 0) is 29.8 Å². The molecule has 0 spiro atoms. The van der Waals surface area contributed by atoms with Crippen LogP contribution in [-0.2, 0) is 5.75 Å². The van der Waals surface area contributed by atoms with Gasteiger partial charge in [-0.3, -0.25) is 0 Å².